The third-order valence-corrected chi connectivity index (χ3v) is 0. The van der Waals surface area contributed by atoms with Gasteiger partial charge < -0.3 is 35.4 Å². The fourth-order valence-corrected chi connectivity index (χ4v) is 0. The van der Waals surface area contributed by atoms with E-state index in [0.29, 0.717) is 0 Å². The number of nitrogens with two attached hydrogens (primary N) is 1. The van der Waals surface area contributed by atoms with Crippen molar-refractivity contribution in [2.24, 2.45) is 5.73 Å². The zero-order valence-corrected chi connectivity index (χ0v) is 6.07. The van der Waals surface area contributed by atoms with E-state index in [1.54, 1.807) is 0 Å². The van der Waals surface area contributed by atoms with Gasteiger partial charge in [-0.2, -0.15) is 0 Å². The molecule has 0 bridgehead atoms. The van der Waals surface area contributed by atoms with Crippen LogP contribution in [0.3, 0.4) is 0 Å². The van der Waals surface area contributed by atoms with Crippen LogP contribution in [0.15, 0.2) is 0 Å². The molecule has 2 N–H and O–H groups in total. The van der Waals surface area contributed by atoms with Crippen molar-refractivity contribution in [1.29, 1.82) is 0 Å². The zero-order chi connectivity index (χ0) is 5.58. The van der Waals surface area contributed by atoms with E-state index in [4.69, 9.17) is 4.79 Å². The van der Waals surface area contributed by atoms with Gasteiger partial charge in [-0.05, 0) is 0 Å². The number of hydrogen-bond acceptors (Lipinski definition) is 3. The van der Waals surface area contributed by atoms with Crippen molar-refractivity contribution in [3.05, 3.63) is 0 Å². The molecule has 5 heteroatoms. The Hall–Kier alpha value is 0.299. The summed E-state index contributed by atoms with van der Waals surface area (Å²) in [6, 6.07) is 0. The molecule has 7 heavy (non-hydrogen) atoms. The molecule has 0 aliphatic carbocycles. The van der Waals surface area contributed by atoms with Gasteiger partial charge in [-0.15, -0.1) is 0 Å². The van der Waals surface area contributed by atoms with Crippen LogP contribution in [0.25, 0.3) is 0 Å². The predicted molar refractivity (Wildman–Crippen MR) is 30.9 cm³/mol. The maximum Gasteiger partial charge on any atom is 2.00 e. The van der Waals surface area contributed by atoms with Crippen molar-refractivity contribution < 1.29 is 21.9 Å². The fraction of sp³-hybridized carbons (Fsp3) is 0. The number of rotatable bonds is 0. The van der Waals surface area contributed by atoms with Gasteiger partial charge in [0.05, 0.1) is 0 Å². The molecule has 0 fully saturated rings. The van der Waals surface area contributed by atoms with Crippen LogP contribution < -0.4 is 5.73 Å². The van der Waals surface area contributed by atoms with Crippen LogP contribution in [-0.2, 0) is 34.5 Å². The molecule has 0 rings (SSSR count). The van der Waals surface area contributed by atoms with Gasteiger partial charge in [0.25, 0.3) is 0 Å². The molecule has 0 aromatic carbocycles. The van der Waals surface area contributed by atoms with Gasteiger partial charge in [0.2, 0.25) is 0 Å². The molecule has 0 spiro atoms. The van der Waals surface area contributed by atoms with Crippen LogP contribution in [0.4, 0.5) is 0 Å². The summed E-state index contributed by atoms with van der Waals surface area (Å²) in [5.74, 6) is 0. The largest absolute Gasteiger partial charge is 2.00 e. The van der Waals surface area contributed by atoms with Crippen molar-refractivity contribution in [3.63, 3.8) is 0 Å². The monoisotopic (exact) mass is 176 g/mol. The molecular weight excluding hydrogens is 173 g/mol. The van der Waals surface area contributed by atoms with Crippen molar-refractivity contribution in [3.8, 4) is 0 Å². The first kappa shape index (κ1) is 15.7. The Morgan fingerprint density at radius 1 is 1.71 bits per heavy atom. The first-order valence-electron chi connectivity index (χ1n) is 0.933. The SMILES string of the molecule is NC(=S)[S-].[CH-]=O.[Mn+2]. The normalized spacial score (nSPS) is 4.00. The van der Waals surface area contributed by atoms with Crippen molar-refractivity contribution in [1.82, 2.24) is 0 Å². The topological polar surface area (TPSA) is 43.1 Å². The minimum Gasteiger partial charge on any atom is -0.545 e. The summed E-state index contributed by atoms with van der Waals surface area (Å²) in [7, 11) is 0. The average Bonchev–Trinajstić information content (AvgIpc) is 1.41. The van der Waals surface area contributed by atoms with Gasteiger partial charge in [0.1, 0.15) is 0 Å². The Labute approximate surface area is 63.7 Å². The van der Waals surface area contributed by atoms with E-state index in [1.807, 2.05) is 0 Å². The molecule has 0 aliphatic heterocycles. The second-order valence-electron chi connectivity index (χ2n) is 0.319. The Morgan fingerprint density at radius 3 is 1.71 bits per heavy atom. The average molecular weight is 176 g/mol. The van der Waals surface area contributed by atoms with Crippen molar-refractivity contribution in [2.45, 2.75) is 0 Å². The summed E-state index contributed by atoms with van der Waals surface area (Å²) >= 11 is 8.26. The van der Waals surface area contributed by atoms with Crippen LogP contribution in [0.1, 0.15) is 0 Å². The molecule has 0 heterocycles. The molecule has 0 atom stereocenters. The minimum atomic E-state index is 0. The zero-order valence-electron chi connectivity index (χ0n) is 3.26. The Balaban J connectivity index is -0.0000000480. The maximum atomic E-state index is 7.75. The summed E-state index contributed by atoms with van der Waals surface area (Å²) in [5, 5.41) is 0. The Morgan fingerprint density at radius 2 is 1.71 bits per heavy atom. The molecule has 0 aliphatic rings. The smallest absolute Gasteiger partial charge is 0.545 e. The van der Waals surface area contributed by atoms with Gasteiger partial charge in [0.15, 0.2) is 0 Å². The van der Waals surface area contributed by atoms with Crippen LogP contribution >= 0.6 is 12.2 Å². The molecule has 0 saturated carbocycles. The predicted octanol–water partition coefficient (Wildman–Crippen LogP) is -0.500. The van der Waals surface area contributed by atoms with E-state index in [9.17, 15) is 0 Å². The fourth-order valence-electron chi connectivity index (χ4n) is 0. The van der Waals surface area contributed by atoms with E-state index in [2.05, 4.69) is 37.4 Å². The van der Waals surface area contributed by atoms with Gasteiger partial charge >= 0.3 is 17.1 Å². The first-order chi connectivity index (χ1) is 2.73. The quantitative estimate of drug-likeness (QED) is 0.178. The van der Waals surface area contributed by atoms with E-state index in [1.165, 1.54) is 0 Å². The van der Waals surface area contributed by atoms with E-state index in [0.717, 1.165) is 0 Å². The van der Waals surface area contributed by atoms with Gasteiger partial charge in [0, 0.05) is 0 Å². The Kier molecular flexibility index (Phi) is 36.4. The van der Waals surface area contributed by atoms with Crippen LogP contribution in [-0.4, -0.2) is 11.1 Å². The molecule has 0 unspecified atom stereocenters. The van der Waals surface area contributed by atoms with Crippen molar-refractivity contribution >= 4 is 36.0 Å². The summed E-state index contributed by atoms with van der Waals surface area (Å²) in [4.78, 5) is 7.75. The van der Waals surface area contributed by atoms with Gasteiger partial charge in [-0.3, -0.25) is 6.79 Å². The molecule has 0 aromatic heterocycles. The summed E-state index contributed by atoms with van der Waals surface area (Å²) in [6.07, 6.45) is 0. The summed E-state index contributed by atoms with van der Waals surface area (Å²) in [5.41, 5.74) is 4.66. The van der Waals surface area contributed by atoms with Gasteiger partial charge in [-0.25, -0.2) is 0 Å². The van der Waals surface area contributed by atoms with E-state index >= 15 is 0 Å². The summed E-state index contributed by atoms with van der Waals surface area (Å²) < 4.78 is 0.0833. The van der Waals surface area contributed by atoms with Crippen LogP contribution in [0.2, 0.25) is 0 Å². The number of carbonyl (C=O) groups excluding carboxylic acids is 1. The molecule has 0 amide bonds. The second-order valence-corrected chi connectivity index (χ2v) is 1.46. The molecule has 0 aromatic rings. The molecule has 2 nitrogen and oxygen atoms in total. The minimum absolute atomic E-state index is 0. The summed E-state index contributed by atoms with van der Waals surface area (Å²) in [6.45, 7) is 3.25. The Bertz CT molecular complexity index is 47.0. The maximum absolute atomic E-state index is 7.75. The number of thiocarbonyl (C=S) groups is 1. The van der Waals surface area contributed by atoms with Crippen molar-refractivity contribution in [2.75, 3.05) is 0 Å². The second kappa shape index (κ2) is 16.3. The van der Waals surface area contributed by atoms with Crippen LogP contribution in [0.5, 0.6) is 0 Å². The van der Waals surface area contributed by atoms with E-state index in [-0.39, 0.29) is 21.4 Å². The molecule has 41 valence electrons. The first-order valence-corrected chi connectivity index (χ1v) is 1.75. The van der Waals surface area contributed by atoms with Crippen LogP contribution in [0, 0.1) is 0 Å². The van der Waals surface area contributed by atoms with Gasteiger partial charge in [-0.1, -0.05) is 4.32 Å². The molecule has 0 saturated heterocycles. The van der Waals surface area contributed by atoms with E-state index < -0.39 is 0 Å². The molecule has 1 radical (unpaired) electrons. The molecular formula is C2H3MnNOS2. The number of hydrogen-bond donors (Lipinski definition) is 1. The third kappa shape index (κ3) is 1300. The standard InChI is InChI=1S/CH3NS2.CHO.Mn/c2-1(3)4;1-2;/h(H3,2,3,4);1H;/q;-1;+2/p-1. The third-order valence-electron chi connectivity index (χ3n) is 0.